The van der Waals surface area contributed by atoms with Crippen molar-refractivity contribution in [2.24, 2.45) is 0 Å². The van der Waals surface area contributed by atoms with Crippen molar-refractivity contribution in [3.05, 3.63) is 70.3 Å². The highest BCUT2D eigenvalue weighted by atomic mass is 19.1. The number of benzene rings is 2. The van der Waals surface area contributed by atoms with Crippen molar-refractivity contribution < 1.29 is 37.4 Å². The van der Waals surface area contributed by atoms with E-state index in [1.807, 2.05) is 13.8 Å². The van der Waals surface area contributed by atoms with Crippen LogP contribution < -0.4 is 0 Å². The molecule has 0 bridgehead atoms. The van der Waals surface area contributed by atoms with Gasteiger partial charge in [-0.3, -0.25) is 9.59 Å². The van der Waals surface area contributed by atoms with Crippen LogP contribution in [0.15, 0.2) is 36.4 Å². The first kappa shape index (κ1) is 32.9. The van der Waals surface area contributed by atoms with Gasteiger partial charge in [-0.15, -0.1) is 0 Å². The molecule has 0 radical (unpaired) electrons. The van der Waals surface area contributed by atoms with Crippen molar-refractivity contribution in [1.82, 2.24) is 14.7 Å². The Bertz CT molecular complexity index is 1400. The van der Waals surface area contributed by atoms with Gasteiger partial charge in [0.1, 0.15) is 23.3 Å². The second-order valence-corrected chi connectivity index (χ2v) is 12.5. The third-order valence-electron chi connectivity index (χ3n) is 7.65. The number of hydrogen-bond acceptors (Lipinski definition) is 6. The molecule has 2 aliphatic rings. The summed E-state index contributed by atoms with van der Waals surface area (Å²) in [6.45, 7) is 12.4. The summed E-state index contributed by atoms with van der Waals surface area (Å²) in [6, 6.07) is 6.15. The third-order valence-corrected chi connectivity index (χ3v) is 7.65. The van der Waals surface area contributed by atoms with Crippen molar-refractivity contribution in [3.63, 3.8) is 0 Å². The van der Waals surface area contributed by atoms with Gasteiger partial charge in [0.2, 0.25) is 0 Å². The lowest BCUT2D eigenvalue weighted by molar-refractivity contribution is -0.0394. The van der Waals surface area contributed by atoms with Gasteiger partial charge in [0.15, 0.2) is 0 Å². The van der Waals surface area contributed by atoms with Gasteiger partial charge >= 0.3 is 12.2 Å². The van der Waals surface area contributed by atoms with Gasteiger partial charge in [0, 0.05) is 36.8 Å². The molecule has 2 fully saturated rings. The van der Waals surface area contributed by atoms with Gasteiger partial charge in [-0.1, -0.05) is 13.8 Å². The number of nitrogens with zero attached hydrogens (tertiary/aromatic N) is 3. The maximum atomic E-state index is 14.2. The number of amides is 4. The Balaban J connectivity index is 1.69. The van der Waals surface area contributed by atoms with Crippen molar-refractivity contribution in [2.75, 3.05) is 19.6 Å². The largest absolute Gasteiger partial charge is 0.444 e. The van der Waals surface area contributed by atoms with E-state index in [-0.39, 0.29) is 23.5 Å². The van der Waals surface area contributed by atoms with Gasteiger partial charge in [-0.25, -0.2) is 23.3 Å². The molecule has 0 aliphatic carbocycles. The van der Waals surface area contributed by atoms with Crippen LogP contribution in [-0.4, -0.2) is 82.1 Å². The molecule has 2 saturated heterocycles. The van der Waals surface area contributed by atoms with E-state index >= 15 is 0 Å². The van der Waals surface area contributed by atoms with Crippen LogP contribution in [0.1, 0.15) is 85.7 Å². The number of carbonyl (C=O) groups is 4. The van der Waals surface area contributed by atoms with Crippen LogP contribution in [0.2, 0.25) is 0 Å². The fourth-order valence-electron chi connectivity index (χ4n) is 5.78. The lowest BCUT2D eigenvalue weighted by Crippen LogP contribution is -2.61. The fourth-order valence-corrected chi connectivity index (χ4v) is 5.78. The second kappa shape index (κ2) is 13.3. The molecule has 2 aromatic rings. The van der Waals surface area contributed by atoms with Crippen molar-refractivity contribution in [3.8, 4) is 0 Å². The van der Waals surface area contributed by atoms with E-state index in [0.29, 0.717) is 37.2 Å². The highest BCUT2D eigenvalue weighted by Crippen LogP contribution is 2.35. The zero-order chi connectivity index (χ0) is 32.3. The van der Waals surface area contributed by atoms with Crippen molar-refractivity contribution in [2.45, 2.75) is 91.0 Å². The Morgan fingerprint density at radius 3 is 2.14 bits per heavy atom. The smallest absolute Gasteiger partial charge is 0.417 e. The molecule has 0 spiro atoms. The van der Waals surface area contributed by atoms with Crippen LogP contribution >= 0.6 is 0 Å². The summed E-state index contributed by atoms with van der Waals surface area (Å²) >= 11 is 0. The first-order valence-electron chi connectivity index (χ1n) is 15.1. The van der Waals surface area contributed by atoms with Crippen LogP contribution in [-0.2, 0) is 15.9 Å². The molecule has 2 aromatic carbocycles. The maximum absolute atomic E-state index is 14.2. The summed E-state index contributed by atoms with van der Waals surface area (Å²) in [4.78, 5) is 57.9. The standard InChI is InChI=1S/C33H41F2N3O6/c1-7-10-36(11-8-2)29(39)22-13-20(3)14-23(18-22)30(40)38-27(17-21-15-24(34)19-25(35)16-21)28(43-32(38)42)26-9-12-37(26)31(41)44-33(4,5)6/h13-16,18-19,26-28H,7-12,17H2,1-6H3/t26-,27+,28-/m1/s1. The summed E-state index contributed by atoms with van der Waals surface area (Å²) in [5.74, 6) is -2.53. The Kier molecular flexibility index (Phi) is 9.95. The Hall–Kier alpha value is -4.02. The molecule has 4 amide bonds. The number of carbonyl (C=O) groups excluding carboxylic acids is 4. The number of likely N-dealkylation sites (tertiary alicyclic amines) is 1. The third kappa shape index (κ3) is 7.36. The molecule has 0 N–H and O–H groups in total. The molecular formula is C33H41F2N3O6. The molecule has 0 saturated carbocycles. The molecule has 9 nitrogen and oxygen atoms in total. The lowest BCUT2D eigenvalue weighted by atomic mass is 9.89. The fraction of sp³-hybridized carbons (Fsp3) is 0.515. The van der Waals surface area contributed by atoms with E-state index < -0.39 is 53.5 Å². The number of cyclic esters (lactones) is 1. The minimum Gasteiger partial charge on any atom is -0.444 e. The van der Waals surface area contributed by atoms with Crippen LogP contribution in [0, 0.1) is 18.6 Å². The van der Waals surface area contributed by atoms with E-state index in [1.54, 1.807) is 44.7 Å². The predicted octanol–water partition coefficient (Wildman–Crippen LogP) is 6.12. The molecule has 4 rings (SSSR count). The van der Waals surface area contributed by atoms with Crippen LogP contribution in [0.4, 0.5) is 18.4 Å². The first-order chi connectivity index (χ1) is 20.7. The molecule has 0 unspecified atom stereocenters. The average Bonchev–Trinajstić information content (AvgIpc) is 3.19. The summed E-state index contributed by atoms with van der Waals surface area (Å²) in [5, 5.41) is 0. The second-order valence-electron chi connectivity index (χ2n) is 12.5. The van der Waals surface area contributed by atoms with Gasteiger partial charge in [0.25, 0.3) is 11.8 Å². The van der Waals surface area contributed by atoms with Gasteiger partial charge in [0.05, 0.1) is 12.1 Å². The van der Waals surface area contributed by atoms with E-state index in [9.17, 15) is 28.0 Å². The Morgan fingerprint density at radius 1 is 0.977 bits per heavy atom. The molecule has 0 aromatic heterocycles. The molecule has 238 valence electrons. The topological polar surface area (TPSA) is 96.5 Å². The normalized spacial score (nSPS) is 19.8. The highest BCUT2D eigenvalue weighted by molar-refractivity contribution is 6.06. The quantitative estimate of drug-likeness (QED) is 0.338. The number of hydrogen-bond donors (Lipinski definition) is 0. The predicted molar refractivity (Wildman–Crippen MR) is 159 cm³/mol. The average molecular weight is 614 g/mol. The zero-order valence-electron chi connectivity index (χ0n) is 26.2. The number of aryl methyl sites for hydroxylation is 1. The molecule has 44 heavy (non-hydrogen) atoms. The Morgan fingerprint density at radius 2 is 1.59 bits per heavy atom. The van der Waals surface area contributed by atoms with E-state index in [4.69, 9.17) is 9.47 Å². The summed E-state index contributed by atoms with van der Waals surface area (Å²) in [7, 11) is 0. The Labute approximate surface area is 257 Å². The van der Waals surface area contributed by atoms with Crippen molar-refractivity contribution >= 4 is 24.0 Å². The molecule has 11 heteroatoms. The maximum Gasteiger partial charge on any atom is 0.417 e. The SMILES string of the molecule is CCCN(CCC)C(=O)c1cc(C)cc(C(=O)N2C(=O)O[C@H]([C@H]3CCN3C(=O)OC(C)(C)C)[C@@H]2Cc2cc(F)cc(F)c2)c1. The zero-order valence-corrected chi connectivity index (χ0v) is 26.2. The summed E-state index contributed by atoms with van der Waals surface area (Å²) in [5.41, 5.74) is 0.528. The molecule has 2 heterocycles. The number of ether oxygens (including phenoxy) is 2. The van der Waals surface area contributed by atoms with Gasteiger partial charge in [-0.05, 0) is 94.8 Å². The molecule has 3 atom stereocenters. The summed E-state index contributed by atoms with van der Waals surface area (Å²) in [6.07, 6.45) is -0.604. The highest BCUT2D eigenvalue weighted by Gasteiger charge is 2.53. The minimum atomic E-state index is -0.997. The monoisotopic (exact) mass is 613 g/mol. The van der Waals surface area contributed by atoms with Crippen LogP contribution in [0.25, 0.3) is 0 Å². The number of imide groups is 1. The number of halogens is 2. The van der Waals surface area contributed by atoms with Crippen molar-refractivity contribution in [1.29, 1.82) is 0 Å². The lowest BCUT2D eigenvalue weighted by Gasteiger charge is -2.44. The van der Waals surface area contributed by atoms with Crippen LogP contribution in [0.3, 0.4) is 0 Å². The van der Waals surface area contributed by atoms with Gasteiger partial charge < -0.3 is 19.3 Å². The molecular weight excluding hydrogens is 572 g/mol. The first-order valence-corrected chi connectivity index (χ1v) is 15.1. The minimum absolute atomic E-state index is 0.104. The summed E-state index contributed by atoms with van der Waals surface area (Å²) < 4.78 is 39.6. The van der Waals surface area contributed by atoms with E-state index in [0.717, 1.165) is 35.9 Å². The van der Waals surface area contributed by atoms with E-state index in [2.05, 4.69) is 0 Å². The number of rotatable bonds is 9. The molecule has 2 aliphatic heterocycles. The van der Waals surface area contributed by atoms with Crippen LogP contribution in [0.5, 0.6) is 0 Å². The van der Waals surface area contributed by atoms with Gasteiger partial charge in [-0.2, -0.15) is 0 Å². The van der Waals surface area contributed by atoms with E-state index in [1.165, 1.54) is 11.0 Å².